The monoisotopic (exact) mass is 200 g/mol. The van der Waals surface area contributed by atoms with Gasteiger partial charge in [-0.1, -0.05) is 6.08 Å². The molecule has 0 aromatic rings. The van der Waals surface area contributed by atoms with Crippen LogP contribution in [0.3, 0.4) is 0 Å². The van der Waals surface area contributed by atoms with E-state index in [1.807, 2.05) is 0 Å². The lowest BCUT2D eigenvalue weighted by Crippen LogP contribution is -2.14. The van der Waals surface area contributed by atoms with Crippen LogP contribution in [0.2, 0.25) is 0 Å². The molecule has 1 unspecified atom stereocenters. The summed E-state index contributed by atoms with van der Waals surface area (Å²) >= 11 is 0. The van der Waals surface area contributed by atoms with E-state index >= 15 is 0 Å². The maximum atomic E-state index is 11.2. The molecule has 1 atom stereocenters. The van der Waals surface area contributed by atoms with Crippen LogP contribution in [-0.2, 0) is 14.3 Å². The third-order valence-corrected chi connectivity index (χ3v) is 2.05. The van der Waals surface area contributed by atoms with Gasteiger partial charge < -0.3 is 14.9 Å². The molecule has 0 radical (unpaired) electrons. The Bertz CT molecular complexity index is 268. The molecule has 5 heteroatoms. The molecule has 5 nitrogen and oxygen atoms in total. The van der Waals surface area contributed by atoms with Crippen molar-refractivity contribution in [3.05, 3.63) is 11.6 Å². The van der Waals surface area contributed by atoms with E-state index in [2.05, 4.69) is 4.74 Å². The van der Waals surface area contributed by atoms with Crippen LogP contribution in [0, 0.1) is 5.92 Å². The average Bonchev–Trinajstić information content (AvgIpc) is 2.62. The fourth-order valence-corrected chi connectivity index (χ4v) is 1.30. The predicted octanol–water partition coefficient (Wildman–Crippen LogP) is -0.0571. The van der Waals surface area contributed by atoms with E-state index in [4.69, 9.17) is 10.2 Å². The fraction of sp³-hybridized carbons (Fsp3) is 0.556. The summed E-state index contributed by atoms with van der Waals surface area (Å²) in [5.74, 6) is -1.93. The Morgan fingerprint density at radius 2 is 2.29 bits per heavy atom. The number of aliphatic hydroxyl groups excluding tert-OH is 1. The first kappa shape index (κ1) is 10.7. The highest BCUT2D eigenvalue weighted by molar-refractivity contribution is 5.90. The van der Waals surface area contributed by atoms with Gasteiger partial charge >= 0.3 is 11.9 Å². The number of hydrogen-bond acceptors (Lipinski definition) is 4. The lowest BCUT2D eigenvalue weighted by molar-refractivity contribution is -0.141. The number of carbonyl (C=O) groups is 2. The van der Waals surface area contributed by atoms with Crippen LogP contribution in [0.4, 0.5) is 0 Å². The van der Waals surface area contributed by atoms with Crippen molar-refractivity contribution in [2.75, 3.05) is 13.2 Å². The number of aliphatic hydroxyl groups is 1. The number of rotatable bonds is 4. The van der Waals surface area contributed by atoms with Crippen LogP contribution in [0.15, 0.2) is 11.6 Å². The molecule has 2 N–H and O–H groups in total. The predicted molar refractivity (Wildman–Crippen MR) is 46.5 cm³/mol. The second-order valence-corrected chi connectivity index (χ2v) is 3.06. The molecule has 0 heterocycles. The normalized spacial score (nSPS) is 20.4. The van der Waals surface area contributed by atoms with Gasteiger partial charge in [0.1, 0.15) is 6.61 Å². The summed E-state index contributed by atoms with van der Waals surface area (Å²) in [7, 11) is 0. The van der Waals surface area contributed by atoms with E-state index in [0.29, 0.717) is 12.0 Å². The number of carboxylic acid groups (broad SMARTS) is 1. The Morgan fingerprint density at radius 3 is 2.79 bits per heavy atom. The minimum Gasteiger partial charge on any atom is -0.481 e. The Balaban J connectivity index is 2.41. The van der Waals surface area contributed by atoms with E-state index in [0.717, 1.165) is 0 Å². The van der Waals surface area contributed by atoms with Crippen molar-refractivity contribution < 1.29 is 24.5 Å². The Hall–Kier alpha value is -1.36. The van der Waals surface area contributed by atoms with Gasteiger partial charge in [0.2, 0.25) is 0 Å². The number of allylic oxidation sites excluding steroid dienone is 1. The molecule has 0 fully saturated rings. The van der Waals surface area contributed by atoms with E-state index in [1.54, 1.807) is 6.08 Å². The largest absolute Gasteiger partial charge is 0.481 e. The van der Waals surface area contributed by atoms with Crippen molar-refractivity contribution in [2.24, 2.45) is 5.92 Å². The van der Waals surface area contributed by atoms with E-state index in [9.17, 15) is 9.59 Å². The molecule has 0 spiro atoms. The SMILES string of the molecule is O=C(OCCO)C1=CCC(C(=O)O)C1. The summed E-state index contributed by atoms with van der Waals surface area (Å²) in [5, 5.41) is 17.1. The van der Waals surface area contributed by atoms with Crippen LogP contribution < -0.4 is 0 Å². The Kier molecular flexibility index (Phi) is 3.64. The number of aliphatic carboxylic acids is 1. The minimum absolute atomic E-state index is 0.0477. The first-order valence-corrected chi connectivity index (χ1v) is 4.35. The average molecular weight is 200 g/mol. The molecule has 0 saturated heterocycles. The van der Waals surface area contributed by atoms with Gasteiger partial charge in [0.05, 0.1) is 12.5 Å². The van der Waals surface area contributed by atoms with Crippen LogP contribution in [0.5, 0.6) is 0 Å². The van der Waals surface area contributed by atoms with Crippen LogP contribution in [0.1, 0.15) is 12.8 Å². The second kappa shape index (κ2) is 4.76. The van der Waals surface area contributed by atoms with Gasteiger partial charge in [0, 0.05) is 5.57 Å². The van der Waals surface area contributed by atoms with Crippen LogP contribution >= 0.6 is 0 Å². The van der Waals surface area contributed by atoms with Gasteiger partial charge in [0.15, 0.2) is 0 Å². The van der Waals surface area contributed by atoms with Gasteiger partial charge in [-0.05, 0) is 12.8 Å². The molecule has 0 bridgehead atoms. The third kappa shape index (κ3) is 2.56. The summed E-state index contributed by atoms with van der Waals surface area (Å²) in [6, 6.07) is 0. The lowest BCUT2D eigenvalue weighted by atomic mass is 10.1. The molecule has 0 saturated carbocycles. The highest BCUT2D eigenvalue weighted by atomic mass is 16.5. The Labute approximate surface area is 81.0 Å². The van der Waals surface area contributed by atoms with Gasteiger partial charge in [0.25, 0.3) is 0 Å². The zero-order chi connectivity index (χ0) is 10.6. The molecule has 0 aromatic heterocycles. The third-order valence-electron chi connectivity index (χ3n) is 2.05. The number of carboxylic acids is 1. The van der Waals surface area contributed by atoms with Crippen molar-refractivity contribution in [1.29, 1.82) is 0 Å². The Morgan fingerprint density at radius 1 is 1.57 bits per heavy atom. The van der Waals surface area contributed by atoms with Crippen molar-refractivity contribution in [1.82, 2.24) is 0 Å². The van der Waals surface area contributed by atoms with Crippen molar-refractivity contribution in [2.45, 2.75) is 12.8 Å². The molecule has 1 aliphatic rings. The van der Waals surface area contributed by atoms with Gasteiger partial charge in [-0.2, -0.15) is 0 Å². The number of ether oxygens (including phenoxy) is 1. The van der Waals surface area contributed by atoms with E-state index in [-0.39, 0.29) is 19.6 Å². The van der Waals surface area contributed by atoms with Gasteiger partial charge in [-0.15, -0.1) is 0 Å². The number of carbonyl (C=O) groups excluding carboxylic acids is 1. The standard InChI is InChI=1S/C9H12O5/c10-3-4-14-9(13)7-2-1-6(5-7)8(11)12/h2,6,10H,1,3-5H2,(H,11,12). The number of esters is 1. The summed E-state index contributed by atoms with van der Waals surface area (Å²) in [5.41, 5.74) is 0.394. The molecule has 78 valence electrons. The zero-order valence-corrected chi connectivity index (χ0v) is 7.60. The molecule has 1 aliphatic carbocycles. The molecule has 0 aromatic carbocycles. The molecule has 1 rings (SSSR count). The highest BCUT2D eigenvalue weighted by Gasteiger charge is 2.27. The maximum Gasteiger partial charge on any atom is 0.333 e. The number of hydrogen-bond donors (Lipinski definition) is 2. The van der Waals surface area contributed by atoms with Crippen molar-refractivity contribution in [3.63, 3.8) is 0 Å². The minimum atomic E-state index is -0.897. The van der Waals surface area contributed by atoms with E-state index in [1.165, 1.54) is 0 Å². The van der Waals surface area contributed by atoms with E-state index < -0.39 is 17.9 Å². The molecule has 0 aliphatic heterocycles. The summed E-state index contributed by atoms with van der Waals surface area (Å²) in [6.07, 6.45) is 2.18. The molecule has 14 heavy (non-hydrogen) atoms. The maximum absolute atomic E-state index is 11.2. The van der Waals surface area contributed by atoms with Gasteiger partial charge in [-0.3, -0.25) is 4.79 Å². The van der Waals surface area contributed by atoms with Crippen LogP contribution in [0.25, 0.3) is 0 Å². The zero-order valence-electron chi connectivity index (χ0n) is 7.60. The summed E-state index contributed by atoms with van der Waals surface area (Å²) in [6.45, 7) is -0.269. The van der Waals surface area contributed by atoms with Gasteiger partial charge in [-0.25, -0.2) is 4.79 Å². The van der Waals surface area contributed by atoms with Crippen molar-refractivity contribution >= 4 is 11.9 Å². The van der Waals surface area contributed by atoms with Crippen molar-refractivity contribution in [3.8, 4) is 0 Å². The fourth-order valence-electron chi connectivity index (χ4n) is 1.30. The second-order valence-electron chi connectivity index (χ2n) is 3.06. The quantitative estimate of drug-likeness (QED) is 0.621. The van der Waals surface area contributed by atoms with Crippen LogP contribution in [-0.4, -0.2) is 35.4 Å². The topological polar surface area (TPSA) is 83.8 Å². The smallest absolute Gasteiger partial charge is 0.333 e. The lowest BCUT2D eigenvalue weighted by Gasteiger charge is -2.04. The first-order valence-electron chi connectivity index (χ1n) is 4.35. The molecule has 0 amide bonds. The summed E-state index contributed by atoms with van der Waals surface area (Å²) < 4.78 is 4.65. The molecular weight excluding hydrogens is 188 g/mol. The molecular formula is C9H12O5. The highest BCUT2D eigenvalue weighted by Crippen LogP contribution is 2.25. The first-order chi connectivity index (χ1) is 6.65. The summed E-state index contributed by atoms with van der Waals surface area (Å²) in [4.78, 5) is 21.7.